The van der Waals surface area contributed by atoms with E-state index in [2.05, 4.69) is 22.5 Å². The monoisotopic (exact) mass is 412 g/mol. The Labute approximate surface area is 175 Å². The van der Waals surface area contributed by atoms with Crippen LogP contribution in [0.25, 0.3) is 0 Å². The molecule has 0 aliphatic carbocycles. The first-order valence-electron chi connectivity index (χ1n) is 9.99. The van der Waals surface area contributed by atoms with Crippen molar-refractivity contribution in [3.05, 3.63) is 64.7 Å². The van der Waals surface area contributed by atoms with Crippen LogP contribution in [0.1, 0.15) is 35.7 Å². The number of fused-ring (bicyclic) bond motifs is 1. The van der Waals surface area contributed by atoms with Gasteiger partial charge in [0.15, 0.2) is 0 Å². The van der Waals surface area contributed by atoms with E-state index in [0.717, 1.165) is 17.8 Å². The lowest BCUT2D eigenvalue weighted by atomic mass is 9.90. The van der Waals surface area contributed by atoms with E-state index < -0.39 is 5.66 Å². The maximum absolute atomic E-state index is 12.7. The molecule has 2 aromatic rings. The largest absolute Gasteiger partial charge is 0.348 e. The van der Waals surface area contributed by atoms with Crippen LogP contribution in [0.2, 0.25) is 5.02 Å². The Hall–Kier alpha value is -2.73. The summed E-state index contributed by atoms with van der Waals surface area (Å²) in [6.07, 6.45) is 1.33. The number of likely N-dealkylation sites (tertiary alicyclic amines) is 1. The summed E-state index contributed by atoms with van der Waals surface area (Å²) in [6, 6.07) is 15.2. The third kappa shape index (κ3) is 3.77. The molecule has 29 heavy (non-hydrogen) atoms. The summed E-state index contributed by atoms with van der Waals surface area (Å²) in [7, 11) is 0. The molecular formula is C22H25ClN4O2. The number of carbonyl (C=O) groups excluding carboxylic acids is 2. The number of hydrogen-bond donors (Lipinski definition) is 2. The van der Waals surface area contributed by atoms with Crippen molar-refractivity contribution in [3.63, 3.8) is 0 Å². The fraction of sp³-hybridized carbons (Fsp3) is 0.364. The minimum atomic E-state index is -0.486. The van der Waals surface area contributed by atoms with Gasteiger partial charge >= 0.3 is 6.03 Å². The molecule has 1 saturated heterocycles. The van der Waals surface area contributed by atoms with E-state index in [4.69, 9.17) is 11.6 Å². The molecule has 0 saturated carbocycles. The van der Waals surface area contributed by atoms with Crippen molar-refractivity contribution in [2.24, 2.45) is 0 Å². The summed E-state index contributed by atoms with van der Waals surface area (Å²) in [5, 5.41) is 6.81. The van der Waals surface area contributed by atoms with Crippen LogP contribution in [0.15, 0.2) is 48.5 Å². The molecule has 4 rings (SSSR count). The number of amides is 3. The standard InChI is InChI=1S/C22H25ClN4O2/c1-2-27-19-14-17(23)8-9-18(19)20(28)25-22(27)10-12-26(13-11-22)21(29)24-15-16-6-4-3-5-7-16/h3-9,14H,2,10-13,15H2,1H3,(H,24,29)(H,25,28). The highest BCUT2D eigenvalue weighted by atomic mass is 35.5. The number of nitrogens with one attached hydrogen (secondary N) is 2. The van der Waals surface area contributed by atoms with Crippen LogP contribution < -0.4 is 15.5 Å². The molecule has 3 amide bonds. The SMILES string of the molecule is CCN1c2cc(Cl)ccc2C(=O)NC12CCN(C(=O)NCc1ccccc1)CC2. The van der Waals surface area contributed by atoms with Gasteiger partial charge in [-0.15, -0.1) is 0 Å². The van der Waals surface area contributed by atoms with Gasteiger partial charge in [-0.2, -0.15) is 0 Å². The predicted molar refractivity (Wildman–Crippen MR) is 114 cm³/mol. The molecule has 0 atom stereocenters. The quantitative estimate of drug-likeness (QED) is 0.809. The maximum Gasteiger partial charge on any atom is 0.317 e. The lowest BCUT2D eigenvalue weighted by Crippen LogP contribution is -2.68. The van der Waals surface area contributed by atoms with Gasteiger partial charge in [0.05, 0.1) is 11.3 Å². The van der Waals surface area contributed by atoms with E-state index in [1.165, 1.54) is 0 Å². The Bertz CT molecular complexity index is 910. The van der Waals surface area contributed by atoms with Crippen LogP contribution in [0, 0.1) is 0 Å². The predicted octanol–water partition coefficient (Wildman–Crippen LogP) is 3.61. The van der Waals surface area contributed by atoms with Crippen molar-refractivity contribution in [3.8, 4) is 0 Å². The first kappa shape index (κ1) is 19.6. The number of rotatable bonds is 3. The van der Waals surface area contributed by atoms with Crippen LogP contribution >= 0.6 is 11.6 Å². The second kappa shape index (κ2) is 7.95. The maximum atomic E-state index is 12.7. The van der Waals surface area contributed by atoms with Crippen LogP contribution in [0.4, 0.5) is 10.5 Å². The highest BCUT2D eigenvalue weighted by Crippen LogP contribution is 2.38. The molecule has 1 fully saturated rings. The molecule has 0 aromatic heterocycles. The van der Waals surface area contributed by atoms with Gasteiger partial charge in [0.1, 0.15) is 5.66 Å². The van der Waals surface area contributed by atoms with Gasteiger partial charge in [0.25, 0.3) is 5.91 Å². The smallest absolute Gasteiger partial charge is 0.317 e. The molecule has 0 radical (unpaired) electrons. The van der Waals surface area contributed by atoms with Gasteiger partial charge < -0.3 is 20.4 Å². The molecule has 0 unspecified atom stereocenters. The van der Waals surface area contributed by atoms with E-state index in [9.17, 15) is 9.59 Å². The van der Waals surface area contributed by atoms with E-state index in [-0.39, 0.29) is 11.9 Å². The summed E-state index contributed by atoms with van der Waals surface area (Å²) in [5.74, 6) is -0.0802. The zero-order valence-corrected chi connectivity index (χ0v) is 17.2. The molecule has 6 nitrogen and oxygen atoms in total. The summed E-state index contributed by atoms with van der Waals surface area (Å²) in [6.45, 7) is 4.47. The van der Waals surface area contributed by atoms with E-state index in [0.29, 0.717) is 43.1 Å². The fourth-order valence-corrected chi connectivity index (χ4v) is 4.50. The number of hydrogen-bond acceptors (Lipinski definition) is 3. The Kier molecular flexibility index (Phi) is 5.37. The van der Waals surface area contributed by atoms with Crippen molar-refractivity contribution >= 4 is 29.2 Å². The average Bonchev–Trinajstić information content (AvgIpc) is 2.73. The normalized spacial score (nSPS) is 17.7. The van der Waals surface area contributed by atoms with Gasteiger partial charge in [-0.1, -0.05) is 41.9 Å². The molecule has 7 heteroatoms. The summed E-state index contributed by atoms with van der Waals surface area (Å²) < 4.78 is 0. The van der Waals surface area contributed by atoms with Crippen molar-refractivity contribution in [2.45, 2.75) is 32.0 Å². The van der Waals surface area contributed by atoms with Crippen molar-refractivity contribution in [1.82, 2.24) is 15.5 Å². The van der Waals surface area contributed by atoms with Gasteiger partial charge in [-0.05, 0) is 30.7 Å². The van der Waals surface area contributed by atoms with E-state index in [1.807, 2.05) is 41.3 Å². The molecule has 2 aliphatic rings. The topological polar surface area (TPSA) is 64.7 Å². The summed E-state index contributed by atoms with van der Waals surface area (Å²) >= 11 is 6.20. The highest BCUT2D eigenvalue weighted by molar-refractivity contribution is 6.31. The van der Waals surface area contributed by atoms with Gasteiger partial charge in [0.2, 0.25) is 0 Å². The van der Waals surface area contributed by atoms with Crippen LogP contribution in [0.5, 0.6) is 0 Å². The number of nitrogens with zero attached hydrogens (tertiary/aromatic N) is 2. The average molecular weight is 413 g/mol. The Morgan fingerprint density at radius 1 is 1.17 bits per heavy atom. The Balaban J connectivity index is 1.45. The lowest BCUT2D eigenvalue weighted by Gasteiger charge is -2.52. The summed E-state index contributed by atoms with van der Waals surface area (Å²) in [4.78, 5) is 29.4. The van der Waals surface area contributed by atoms with Crippen LogP contribution in [0.3, 0.4) is 0 Å². The zero-order valence-electron chi connectivity index (χ0n) is 16.5. The van der Waals surface area contributed by atoms with E-state index >= 15 is 0 Å². The van der Waals surface area contributed by atoms with Crippen molar-refractivity contribution in [1.29, 1.82) is 0 Å². The number of carbonyl (C=O) groups is 2. The van der Waals surface area contributed by atoms with Gasteiger partial charge in [0, 0.05) is 44.0 Å². The molecule has 2 heterocycles. The van der Waals surface area contributed by atoms with Crippen LogP contribution in [-0.4, -0.2) is 42.1 Å². The lowest BCUT2D eigenvalue weighted by molar-refractivity contribution is 0.0802. The van der Waals surface area contributed by atoms with Gasteiger partial charge in [-0.3, -0.25) is 4.79 Å². The van der Waals surface area contributed by atoms with E-state index in [1.54, 1.807) is 12.1 Å². The molecule has 1 spiro atoms. The minimum absolute atomic E-state index is 0.0719. The zero-order chi connectivity index (χ0) is 20.4. The number of benzene rings is 2. The molecular weight excluding hydrogens is 388 g/mol. The number of piperidine rings is 1. The molecule has 152 valence electrons. The third-order valence-corrected chi connectivity index (χ3v) is 6.07. The molecule has 2 aromatic carbocycles. The van der Waals surface area contributed by atoms with Crippen LogP contribution in [-0.2, 0) is 6.54 Å². The third-order valence-electron chi connectivity index (χ3n) is 5.84. The van der Waals surface area contributed by atoms with Crippen molar-refractivity contribution in [2.75, 3.05) is 24.5 Å². The second-order valence-electron chi connectivity index (χ2n) is 7.52. The minimum Gasteiger partial charge on any atom is -0.348 e. The molecule has 2 N–H and O–H groups in total. The first-order valence-corrected chi connectivity index (χ1v) is 10.4. The Morgan fingerprint density at radius 3 is 2.59 bits per heavy atom. The molecule has 0 bridgehead atoms. The van der Waals surface area contributed by atoms with Crippen molar-refractivity contribution < 1.29 is 9.59 Å². The Morgan fingerprint density at radius 2 is 1.90 bits per heavy atom. The fourth-order valence-electron chi connectivity index (χ4n) is 4.33. The van der Waals surface area contributed by atoms with Gasteiger partial charge in [-0.25, -0.2) is 4.79 Å². The highest BCUT2D eigenvalue weighted by Gasteiger charge is 2.45. The second-order valence-corrected chi connectivity index (χ2v) is 7.96. The summed E-state index contributed by atoms with van der Waals surface area (Å²) in [5.41, 5.74) is 2.09. The number of urea groups is 1. The first-order chi connectivity index (χ1) is 14.0. The number of halogens is 1. The molecule has 2 aliphatic heterocycles. The number of anilines is 1.